The van der Waals surface area contributed by atoms with E-state index in [0.29, 0.717) is 12.8 Å². The Balaban J connectivity index is 2.04. The fourth-order valence-corrected chi connectivity index (χ4v) is 1.82. The fourth-order valence-electron chi connectivity index (χ4n) is 1.82. The van der Waals surface area contributed by atoms with Gasteiger partial charge in [0, 0.05) is 6.42 Å². The zero-order chi connectivity index (χ0) is 12.8. The molecule has 0 aliphatic heterocycles. The van der Waals surface area contributed by atoms with Crippen LogP contribution in [0, 0.1) is 0 Å². The van der Waals surface area contributed by atoms with E-state index in [2.05, 4.69) is 29.7 Å². The molecular formula is C15H16N2O. The van der Waals surface area contributed by atoms with Crippen LogP contribution in [0.5, 0.6) is 0 Å². The number of hydrazine groups is 1. The van der Waals surface area contributed by atoms with Crippen molar-refractivity contribution in [1.29, 1.82) is 0 Å². The second kappa shape index (κ2) is 5.98. The second-order valence-corrected chi connectivity index (χ2v) is 4.13. The van der Waals surface area contributed by atoms with E-state index < -0.39 is 0 Å². The lowest BCUT2D eigenvalue weighted by atomic mass is 10.0. The Kier molecular flexibility index (Phi) is 4.10. The van der Waals surface area contributed by atoms with Crippen molar-refractivity contribution < 1.29 is 4.79 Å². The van der Waals surface area contributed by atoms with Crippen LogP contribution < -0.4 is 11.3 Å². The summed E-state index contributed by atoms with van der Waals surface area (Å²) in [7, 11) is 0. The first kappa shape index (κ1) is 12.3. The van der Waals surface area contributed by atoms with E-state index in [4.69, 9.17) is 5.84 Å². The third-order valence-electron chi connectivity index (χ3n) is 2.86. The van der Waals surface area contributed by atoms with Gasteiger partial charge in [0.15, 0.2) is 0 Å². The van der Waals surface area contributed by atoms with Crippen LogP contribution in [0.25, 0.3) is 11.1 Å². The molecule has 3 heteroatoms. The highest BCUT2D eigenvalue weighted by Crippen LogP contribution is 2.19. The van der Waals surface area contributed by atoms with E-state index in [9.17, 15) is 4.79 Å². The first-order chi connectivity index (χ1) is 8.79. The molecule has 0 radical (unpaired) electrons. The number of hydrogen-bond donors (Lipinski definition) is 2. The lowest BCUT2D eigenvalue weighted by Gasteiger charge is -2.04. The van der Waals surface area contributed by atoms with Crippen molar-refractivity contribution in [2.45, 2.75) is 12.8 Å². The number of rotatable bonds is 4. The van der Waals surface area contributed by atoms with Gasteiger partial charge >= 0.3 is 0 Å². The van der Waals surface area contributed by atoms with Crippen molar-refractivity contribution >= 4 is 5.91 Å². The standard InChI is InChI=1S/C15H16N2O/c16-17-15(18)11-8-12-6-9-14(10-7-12)13-4-2-1-3-5-13/h1-7,9-10H,8,11,16H2,(H,17,18). The van der Waals surface area contributed by atoms with Crippen LogP contribution in [0.4, 0.5) is 0 Å². The Bertz CT molecular complexity index is 506. The smallest absolute Gasteiger partial charge is 0.234 e. The van der Waals surface area contributed by atoms with Gasteiger partial charge in [-0.15, -0.1) is 0 Å². The molecule has 0 saturated heterocycles. The van der Waals surface area contributed by atoms with Gasteiger partial charge in [-0.1, -0.05) is 54.6 Å². The molecule has 0 spiro atoms. The predicted molar refractivity (Wildman–Crippen MR) is 72.5 cm³/mol. The predicted octanol–water partition coefficient (Wildman–Crippen LogP) is 2.28. The first-order valence-electron chi connectivity index (χ1n) is 5.93. The van der Waals surface area contributed by atoms with E-state index in [0.717, 1.165) is 5.56 Å². The number of carbonyl (C=O) groups excluding carboxylic acids is 1. The van der Waals surface area contributed by atoms with Gasteiger partial charge in [-0.3, -0.25) is 10.2 Å². The van der Waals surface area contributed by atoms with Crippen LogP contribution in [0.15, 0.2) is 54.6 Å². The lowest BCUT2D eigenvalue weighted by Crippen LogP contribution is -2.30. The largest absolute Gasteiger partial charge is 0.294 e. The number of nitrogens with two attached hydrogens (primary N) is 1. The van der Waals surface area contributed by atoms with Gasteiger partial charge in [0.25, 0.3) is 0 Å². The normalized spacial score (nSPS) is 10.1. The molecule has 1 amide bonds. The number of aryl methyl sites for hydroxylation is 1. The van der Waals surface area contributed by atoms with E-state index in [1.54, 1.807) is 0 Å². The quantitative estimate of drug-likeness (QED) is 0.489. The van der Waals surface area contributed by atoms with Gasteiger partial charge in [0.2, 0.25) is 5.91 Å². The second-order valence-electron chi connectivity index (χ2n) is 4.13. The molecule has 3 N–H and O–H groups in total. The lowest BCUT2D eigenvalue weighted by molar-refractivity contribution is -0.121. The van der Waals surface area contributed by atoms with Crippen molar-refractivity contribution in [2.24, 2.45) is 5.84 Å². The molecule has 0 saturated carbocycles. The first-order valence-corrected chi connectivity index (χ1v) is 5.93. The molecule has 2 aromatic carbocycles. The Morgan fingerprint density at radius 3 is 2.17 bits per heavy atom. The van der Waals surface area contributed by atoms with Crippen molar-refractivity contribution in [2.75, 3.05) is 0 Å². The Morgan fingerprint density at radius 1 is 0.944 bits per heavy atom. The molecule has 0 aliphatic rings. The summed E-state index contributed by atoms with van der Waals surface area (Å²) >= 11 is 0. The molecule has 0 atom stereocenters. The van der Waals surface area contributed by atoms with Gasteiger partial charge in [-0.25, -0.2) is 5.84 Å². The Hall–Kier alpha value is -2.13. The number of carbonyl (C=O) groups is 1. The van der Waals surface area contributed by atoms with Gasteiger partial charge in [0.05, 0.1) is 0 Å². The van der Waals surface area contributed by atoms with Crippen molar-refractivity contribution in [3.8, 4) is 11.1 Å². The molecule has 2 rings (SSSR count). The highest BCUT2D eigenvalue weighted by molar-refractivity contribution is 5.75. The molecule has 0 aliphatic carbocycles. The van der Waals surface area contributed by atoms with Gasteiger partial charge in [-0.05, 0) is 23.1 Å². The summed E-state index contributed by atoms with van der Waals surface area (Å²) in [6, 6.07) is 18.5. The maximum absolute atomic E-state index is 11.0. The van der Waals surface area contributed by atoms with Crippen LogP contribution in [0.2, 0.25) is 0 Å². The maximum atomic E-state index is 11.0. The highest BCUT2D eigenvalue weighted by atomic mass is 16.2. The van der Waals surface area contributed by atoms with Crippen molar-refractivity contribution in [3.63, 3.8) is 0 Å². The SMILES string of the molecule is NNC(=O)CCc1ccc(-c2ccccc2)cc1. The van der Waals surface area contributed by atoms with Gasteiger partial charge < -0.3 is 0 Å². The van der Waals surface area contributed by atoms with Crippen LogP contribution in [-0.4, -0.2) is 5.91 Å². The summed E-state index contributed by atoms with van der Waals surface area (Å²) in [6.07, 6.45) is 1.12. The summed E-state index contributed by atoms with van der Waals surface area (Å²) in [4.78, 5) is 11.0. The summed E-state index contributed by atoms with van der Waals surface area (Å²) < 4.78 is 0. The average molecular weight is 240 g/mol. The molecule has 92 valence electrons. The van der Waals surface area contributed by atoms with Crippen molar-refractivity contribution in [3.05, 3.63) is 60.2 Å². The van der Waals surface area contributed by atoms with Crippen LogP contribution in [0.3, 0.4) is 0 Å². The fraction of sp³-hybridized carbons (Fsp3) is 0.133. The minimum Gasteiger partial charge on any atom is -0.294 e. The van der Waals surface area contributed by atoms with E-state index in [1.165, 1.54) is 11.1 Å². The van der Waals surface area contributed by atoms with Crippen LogP contribution in [-0.2, 0) is 11.2 Å². The third kappa shape index (κ3) is 3.18. The van der Waals surface area contributed by atoms with E-state index >= 15 is 0 Å². The third-order valence-corrected chi connectivity index (χ3v) is 2.86. The van der Waals surface area contributed by atoms with E-state index in [-0.39, 0.29) is 5.91 Å². The van der Waals surface area contributed by atoms with Crippen LogP contribution in [0.1, 0.15) is 12.0 Å². The average Bonchev–Trinajstić information content (AvgIpc) is 2.46. The Labute approximate surface area is 107 Å². The minimum atomic E-state index is -0.137. The monoisotopic (exact) mass is 240 g/mol. The number of nitrogens with one attached hydrogen (secondary N) is 1. The molecule has 0 fully saturated rings. The van der Waals surface area contributed by atoms with Gasteiger partial charge in [0.1, 0.15) is 0 Å². The highest BCUT2D eigenvalue weighted by Gasteiger charge is 2.01. The molecule has 0 aromatic heterocycles. The molecular weight excluding hydrogens is 224 g/mol. The van der Waals surface area contributed by atoms with Gasteiger partial charge in [-0.2, -0.15) is 0 Å². The minimum absolute atomic E-state index is 0.137. The molecule has 3 nitrogen and oxygen atoms in total. The molecule has 0 heterocycles. The zero-order valence-corrected chi connectivity index (χ0v) is 10.1. The number of amides is 1. The summed E-state index contributed by atoms with van der Waals surface area (Å²) in [5.74, 6) is 4.90. The molecule has 0 bridgehead atoms. The summed E-state index contributed by atoms with van der Waals surface area (Å²) in [5, 5.41) is 0. The van der Waals surface area contributed by atoms with E-state index in [1.807, 2.05) is 30.3 Å². The molecule has 0 unspecified atom stereocenters. The zero-order valence-electron chi connectivity index (χ0n) is 10.1. The molecule has 2 aromatic rings. The van der Waals surface area contributed by atoms with Crippen LogP contribution >= 0.6 is 0 Å². The Morgan fingerprint density at radius 2 is 1.56 bits per heavy atom. The number of benzene rings is 2. The summed E-state index contributed by atoms with van der Waals surface area (Å²) in [6.45, 7) is 0. The topological polar surface area (TPSA) is 55.1 Å². The molecule has 18 heavy (non-hydrogen) atoms. The number of hydrogen-bond acceptors (Lipinski definition) is 2. The summed E-state index contributed by atoms with van der Waals surface area (Å²) in [5.41, 5.74) is 5.65. The van der Waals surface area contributed by atoms with Crippen molar-refractivity contribution in [1.82, 2.24) is 5.43 Å². The maximum Gasteiger partial charge on any atom is 0.234 e.